The van der Waals surface area contributed by atoms with Crippen LogP contribution in [0.15, 0.2) is 42.5 Å². The van der Waals surface area contributed by atoms with Gasteiger partial charge in [0.25, 0.3) is 0 Å². The van der Waals surface area contributed by atoms with Crippen LogP contribution in [0.5, 0.6) is 5.75 Å². The van der Waals surface area contributed by atoms with Gasteiger partial charge in [-0.15, -0.1) is 6.42 Å². The fourth-order valence-corrected chi connectivity index (χ4v) is 1.83. The van der Waals surface area contributed by atoms with Crippen LogP contribution in [-0.4, -0.2) is 10.9 Å². The van der Waals surface area contributed by atoms with E-state index < -0.39 is 0 Å². The van der Waals surface area contributed by atoms with Gasteiger partial charge in [-0.2, -0.15) is 0 Å². The molecule has 0 unspecified atom stereocenters. The molecule has 2 aromatic rings. The number of nitrogens with zero attached hydrogens (tertiary/aromatic N) is 1. The number of hydrogen-bond acceptors (Lipinski definition) is 3. The Morgan fingerprint density at radius 1 is 1.24 bits per heavy atom. The number of aryl methyl sites for hydroxylation is 1. The van der Waals surface area contributed by atoms with Crippen molar-refractivity contribution in [3.05, 3.63) is 59.4 Å². The highest BCUT2D eigenvalue weighted by Gasteiger charge is 2.06. The molecule has 106 valence electrons. The fourth-order valence-electron chi connectivity index (χ4n) is 1.83. The topological polar surface area (TPSA) is 65.2 Å². The van der Waals surface area contributed by atoms with E-state index in [9.17, 15) is 4.79 Å². The molecule has 0 aliphatic heterocycles. The molecule has 0 aliphatic carbocycles. The van der Waals surface area contributed by atoms with Crippen LogP contribution >= 0.6 is 0 Å². The Bertz CT molecular complexity index is 660. The second kappa shape index (κ2) is 7.11. The number of carbonyl (C=O) groups excluding carboxylic acids is 1. The number of amides is 1. The lowest BCUT2D eigenvalue weighted by molar-refractivity contribution is -0.118. The van der Waals surface area contributed by atoms with E-state index in [4.69, 9.17) is 16.9 Å². The average molecular weight is 280 g/mol. The van der Waals surface area contributed by atoms with E-state index in [1.807, 2.05) is 30.3 Å². The van der Waals surface area contributed by atoms with Gasteiger partial charge >= 0.3 is 0 Å². The van der Waals surface area contributed by atoms with Crippen molar-refractivity contribution in [3.63, 3.8) is 0 Å². The summed E-state index contributed by atoms with van der Waals surface area (Å²) in [5, 5.41) is 0. The lowest BCUT2D eigenvalue weighted by atomic mass is 10.2. The minimum Gasteiger partial charge on any atom is -0.486 e. The third kappa shape index (κ3) is 4.36. The zero-order chi connectivity index (χ0) is 15.1. The van der Waals surface area contributed by atoms with Crippen molar-refractivity contribution >= 4 is 5.91 Å². The first kappa shape index (κ1) is 14.6. The van der Waals surface area contributed by atoms with Crippen LogP contribution in [0.4, 0.5) is 0 Å². The normalized spacial score (nSPS) is 9.86. The summed E-state index contributed by atoms with van der Waals surface area (Å²) in [6, 6.07) is 13.4. The summed E-state index contributed by atoms with van der Waals surface area (Å²) in [5.41, 5.74) is 7.34. The summed E-state index contributed by atoms with van der Waals surface area (Å²) in [7, 11) is 0. The molecule has 0 saturated heterocycles. The highest BCUT2D eigenvalue weighted by molar-refractivity contribution is 5.73. The van der Waals surface area contributed by atoms with E-state index in [-0.39, 0.29) is 12.3 Å². The van der Waals surface area contributed by atoms with Gasteiger partial charge in [0.05, 0.1) is 0 Å². The number of ether oxygens (including phenoxy) is 1. The Morgan fingerprint density at radius 2 is 2.00 bits per heavy atom. The van der Waals surface area contributed by atoms with Crippen LogP contribution in [0.3, 0.4) is 0 Å². The number of primary amides is 1. The van der Waals surface area contributed by atoms with Gasteiger partial charge < -0.3 is 10.5 Å². The summed E-state index contributed by atoms with van der Waals surface area (Å²) in [4.78, 5) is 15.1. The van der Waals surface area contributed by atoms with Gasteiger partial charge in [0, 0.05) is 12.1 Å². The number of pyridine rings is 1. The Kier molecular flexibility index (Phi) is 4.94. The van der Waals surface area contributed by atoms with Gasteiger partial charge in [0.2, 0.25) is 5.91 Å². The maximum Gasteiger partial charge on any atom is 0.217 e. The summed E-state index contributed by atoms with van der Waals surface area (Å²) >= 11 is 0. The highest BCUT2D eigenvalue weighted by atomic mass is 16.5. The molecule has 0 atom stereocenters. The van der Waals surface area contributed by atoms with E-state index in [0.29, 0.717) is 24.5 Å². The minimum atomic E-state index is -0.358. The van der Waals surface area contributed by atoms with E-state index in [2.05, 4.69) is 10.9 Å². The third-order valence-corrected chi connectivity index (χ3v) is 2.92. The van der Waals surface area contributed by atoms with E-state index in [0.717, 1.165) is 11.3 Å². The first-order chi connectivity index (χ1) is 10.2. The number of terminal acetylenes is 1. The lowest BCUT2D eigenvalue weighted by Gasteiger charge is -2.09. The second-order valence-corrected chi connectivity index (χ2v) is 4.53. The molecule has 0 fully saturated rings. The minimum absolute atomic E-state index is 0.251. The predicted molar refractivity (Wildman–Crippen MR) is 80.5 cm³/mol. The first-order valence-corrected chi connectivity index (χ1v) is 6.60. The summed E-state index contributed by atoms with van der Waals surface area (Å²) in [6.45, 7) is 0.428. The standard InChI is InChI=1S/C17H16N2O2/c1-2-15-16(21-12-13-6-4-3-5-7-13)10-8-14(19-15)9-11-17(18)20/h1,3-8,10H,9,11-12H2,(H2,18,20). The molecule has 0 saturated carbocycles. The summed E-state index contributed by atoms with van der Waals surface area (Å²) in [6.07, 6.45) is 6.19. The van der Waals surface area contributed by atoms with Crippen molar-refractivity contribution in [2.45, 2.75) is 19.4 Å². The van der Waals surface area contributed by atoms with Crippen LogP contribution in [-0.2, 0) is 17.8 Å². The Morgan fingerprint density at radius 3 is 2.67 bits per heavy atom. The smallest absolute Gasteiger partial charge is 0.217 e. The van der Waals surface area contributed by atoms with Crippen molar-refractivity contribution in [3.8, 4) is 18.1 Å². The number of nitrogens with two attached hydrogens (primary N) is 1. The van der Waals surface area contributed by atoms with Crippen molar-refractivity contribution in [2.75, 3.05) is 0 Å². The molecule has 1 aromatic heterocycles. The molecule has 0 bridgehead atoms. The van der Waals surface area contributed by atoms with Crippen LogP contribution < -0.4 is 10.5 Å². The SMILES string of the molecule is C#Cc1nc(CCC(N)=O)ccc1OCc1ccccc1. The molecule has 21 heavy (non-hydrogen) atoms. The molecule has 1 amide bonds. The molecule has 0 spiro atoms. The monoisotopic (exact) mass is 280 g/mol. The van der Waals surface area contributed by atoms with Crippen LogP contribution in [0.1, 0.15) is 23.4 Å². The van der Waals surface area contributed by atoms with E-state index in [1.54, 1.807) is 12.1 Å². The first-order valence-electron chi connectivity index (χ1n) is 6.60. The van der Waals surface area contributed by atoms with Gasteiger partial charge in [-0.3, -0.25) is 4.79 Å². The summed E-state index contributed by atoms with van der Waals surface area (Å²) < 4.78 is 5.70. The van der Waals surface area contributed by atoms with E-state index in [1.165, 1.54) is 0 Å². The molecule has 2 N–H and O–H groups in total. The summed E-state index contributed by atoms with van der Waals surface area (Å²) in [5.74, 6) is 2.71. The quantitative estimate of drug-likeness (QED) is 0.824. The van der Waals surface area contributed by atoms with Gasteiger partial charge in [0.15, 0.2) is 11.4 Å². The van der Waals surface area contributed by atoms with Crippen molar-refractivity contribution in [1.82, 2.24) is 4.98 Å². The maximum absolute atomic E-state index is 10.8. The Hall–Kier alpha value is -2.80. The van der Waals surface area contributed by atoms with Crippen molar-refractivity contribution < 1.29 is 9.53 Å². The lowest BCUT2D eigenvalue weighted by Crippen LogP contribution is -2.12. The second-order valence-electron chi connectivity index (χ2n) is 4.53. The fraction of sp³-hybridized carbons (Fsp3) is 0.176. The zero-order valence-electron chi connectivity index (χ0n) is 11.6. The Labute approximate surface area is 124 Å². The Balaban J connectivity index is 2.06. The largest absolute Gasteiger partial charge is 0.486 e. The van der Waals surface area contributed by atoms with Gasteiger partial charge in [-0.1, -0.05) is 30.3 Å². The molecule has 0 radical (unpaired) electrons. The molecule has 2 rings (SSSR count). The van der Waals surface area contributed by atoms with Crippen LogP contribution in [0.25, 0.3) is 0 Å². The number of hydrogen-bond donors (Lipinski definition) is 1. The molecule has 4 heteroatoms. The molecular formula is C17H16N2O2. The molecule has 4 nitrogen and oxygen atoms in total. The van der Waals surface area contributed by atoms with Crippen molar-refractivity contribution in [2.24, 2.45) is 5.73 Å². The van der Waals surface area contributed by atoms with Crippen molar-refractivity contribution in [1.29, 1.82) is 0 Å². The van der Waals surface area contributed by atoms with Gasteiger partial charge in [-0.05, 0) is 30.0 Å². The molecule has 0 aliphatic rings. The highest BCUT2D eigenvalue weighted by Crippen LogP contribution is 2.18. The van der Waals surface area contributed by atoms with E-state index >= 15 is 0 Å². The maximum atomic E-state index is 10.8. The number of benzene rings is 1. The van der Waals surface area contributed by atoms with Crippen LogP contribution in [0, 0.1) is 12.3 Å². The van der Waals surface area contributed by atoms with Crippen LogP contribution in [0.2, 0.25) is 0 Å². The third-order valence-electron chi connectivity index (χ3n) is 2.92. The zero-order valence-corrected chi connectivity index (χ0v) is 11.6. The average Bonchev–Trinajstić information content (AvgIpc) is 2.52. The van der Waals surface area contributed by atoms with Gasteiger partial charge in [-0.25, -0.2) is 4.98 Å². The molecular weight excluding hydrogens is 264 g/mol. The number of aromatic nitrogens is 1. The number of rotatable bonds is 6. The number of carbonyl (C=O) groups is 1. The van der Waals surface area contributed by atoms with Gasteiger partial charge in [0.1, 0.15) is 6.61 Å². The predicted octanol–water partition coefficient (Wildman–Crippen LogP) is 2.06. The molecule has 1 aromatic carbocycles. The molecule has 1 heterocycles.